The van der Waals surface area contributed by atoms with Crippen LogP contribution in [0.25, 0.3) is 0 Å². The summed E-state index contributed by atoms with van der Waals surface area (Å²) in [6.45, 7) is 0. The van der Waals surface area contributed by atoms with Gasteiger partial charge in [0, 0.05) is 0 Å². The fourth-order valence-electron chi connectivity index (χ4n) is 2.14. The predicted octanol–water partition coefficient (Wildman–Crippen LogP) is 1.98. The van der Waals surface area contributed by atoms with E-state index in [2.05, 4.69) is 10.0 Å². The van der Waals surface area contributed by atoms with Crippen LogP contribution in [-0.4, -0.2) is 14.3 Å². The smallest absolute Gasteiger partial charge is 0.261 e. The van der Waals surface area contributed by atoms with Gasteiger partial charge in [-0.3, -0.25) is 9.52 Å². The number of rotatable bonds is 3. The third kappa shape index (κ3) is 2.25. The standard InChI is InChI=1S/C14H12N2O3S/c17-13-9-10-5-4-8-12(14(10)15-13)16-20(18,19)11-6-2-1-3-7-11/h1-8,16H,9H2,(H,15,17). The number of benzene rings is 2. The summed E-state index contributed by atoms with van der Waals surface area (Å²) < 4.78 is 27.0. The van der Waals surface area contributed by atoms with Crippen LogP contribution < -0.4 is 10.0 Å². The van der Waals surface area contributed by atoms with E-state index in [9.17, 15) is 13.2 Å². The first-order valence-corrected chi connectivity index (χ1v) is 7.54. The zero-order valence-electron chi connectivity index (χ0n) is 10.5. The van der Waals surface area contributed by atoms with Crippen molar-refractivity contribution in [1.29, 1.82) is 0 Å². The van der Waals surface area contributed by atoms with Crippen molar-refractivity contribution in [3.63, 3.8) is 0 Å². The minimum atomic E-state index is -3.65. The molecular formula is C14H12N2O3S. The maximum atomic E-state index is 12.3. The second-order valence-electron chi connectivity index (χ2n) is 4.48. The topological polar surface area (TPSA) is 75.3 Å². The maximum absolute atomic E-state index is 12.3. The zero-order valence-corrected chi connectivity index (χ0v) is 11.3. The molecule has 3 rings (SSSR count). The van der Waals surface area contributed by atoms with Crippen LogP contribution in [0, 0.1) is 0 Å². The highest BCUT2D eigenvalue weighted by Gasteiger charge is 2.23. The molecule has 0 fully saturated rings. The van der Waals surface area contributed by atoms with Crippen LogP contribution in [0.1, 0.15) is 5.56 Å². The van der Waals surface area contributed by atoms with Gasteiger partial charge in [0.1, 0.15) is 0 Å². The Bertz CT molecular complexity index is 770. The van der Waals surface area contributed by atoms with Crippen LogP contribution in [0.4, 0.5) is 11.4 Å². The van der Waals surface area contributed by atoms with E-state index in [1.807, 2.05) is 0 Å². The summed E-state index contributed by atoms with van der Waals surface area (Å²) in [7, 11) is -3.65. The second-order valence-corrected chi connectivity index (χ2v) is 6.17. The Morgan fingerprint density at radius 1 is 1.00 bits per heavy atom. The number of amides is 1. The number of sulfonamides is 1. The molecule has 6 heteroatoms. The molecule has 0 unspecified atom stereocenters. The summed E-state index contributed by atoms with van der Waals surface area (Å²) in [4.78, 5) is 11.6. The molecule has 1 amide bonds. The molecule has 2 aromatic rings. The Morgan fingerprint density at radius 3 is 2.50 bits per heavy atom. The van der Waals surface area contributed by atoms with E-state index in [4.69, 9.17) is 0 Å². The summed E-state index contributed by atoms with van der Waals surface area (Å²) in [6, 6.07) is 13.3. The van der Waals surface area contributed by atoms with Gasteiger partial charge < -0.3 is 5.32 Å². The molecule has 1 aliphatic rings. The van der Waals surface area contributed by atoms with Crippen LogP contribution in [0.3, 0.4) is 0 Å². The quantitative estimate of drug-likeness (QED) is 0.907. The molecule has 1 aliphatic heterocycles. The Balaban J connectivity index is 1.97. The van der Waals surface area contributed by atoms with Crippen LogP contribution in [0.15, 0.2) is 53.4 Å². The molecule has 5 nitrogen and oxygen atoms in total. The molecule has 0 saturated carbocycles. The predicted molar refractivity (Wildman–Crippen MR) is 76.0 cm³/mol. The van der Waals surface area contributed by atoms with Crippen LogP contribution in [-0.2, 0) is 21.2 Å². The highest BCUT2D eigenvalue weighted by molar-refractivity contribution is 7.92. The van der Waals surface area contributed by atoms with Crippen molar-refractivity contribution >= 4 is 27.3 Å². The number of carbonyl (C=O) groups is 1. The SMILES string of the molecule is O=C1Cc2cccc(NS(=O)(=O)c3ccccc3)c2N1. The van der Waals surface area contributed by atoms with Crippen molar-refractivity contribution in [3.05, 3.63) is 54.1 Å². The monoisotopic (exact) mass is 288 g/mol. The number of hydrogen-bond acceptors (Lipinski definition) is 3. The number of para-hydroxylation sites is 1. The molecule has 2 aromatic carbocycles. The second kappa shape index (κ2) is 4.64. The minimum Gasteiger partial charge on any atom is -0.324 e. The van der Waals surface area contributed by atoms with E-state index >= 15 is 0 Å². The molecule has 0 aliphatic carbocycles. The van der Waals surface area contributed by atoms with Gasteiger partial charge in [0.15, 0.2) is 0 Å². The van der Waals surface area contributed by atoms with Crippen molar-refractivity contribution < 1.29 is 13.2 Å². The summed E-state index contributed by atoms with van der Waals surface area (Å²) in [5, 5.41) is 2.67. The molecule has 0 spiro atoms. The molecule has 2 N–H and O–H groups in total. The van der Waals surface area contributed by atoms with Gasteiger partial charge in [-0.15, -0.1) is 0 Å². The highest BCUT2D eigenvalue weighted by atomic mass is 32.2. The van der Waals surface area contributed by atoms with Crippen molar-refractivity contribution in [2.24, 2.45) is 0 Å². The van der Waals surface area contributed by atoms with Crippen molar-refractivity contribution in [3.8, 4) is 0 Å². The van der Waals surface area contributed by atoms with Gasteiger partial charge >= 0.3 is 0 Å². The molecule has 1 heterocycles. The van der Waals surface area contributed by atoms with Gasteiger partial charge in [0.2, 0.25) is 5.91 Å². The summed E-state index contributed by atoms with van der Waals surface area (Å²) >= 11 is 0. The molecule has 20 heavy (non-hydrogen) atoms. The normalized spacial score (nSPS) is 13.7. The molecule has 0 atom stereocenters. The summed E-state index contributed by atoms with van der Waals surface area (Å²) in [6.07, 6.45) is 0.274. The van der Waals surface area contributed by atoms with Gasteiger partial charge in [-0.05, 0) is 23.8 Å². The molecule has 0 bridgehead atoms. The van der Waals surface area contributed by atoms with Gasteiger partial charge in [0.05, 0.1) is 22.7 Å². The summed E-state index contributed by atoms with van der Waals surface area (Å²) in [5.41, 5.74) is 1.72. The van der Waals surface area contributed by atoms with Gasteiger partial charge in [-0.2, -0.15) is 0 Å². The Hall–Kier alpha value is -2.34. The molecule has 0 aromatic heterocycles. The fraction of sp³-hybridized carbons (Fsp3) is 0.0714. The molecular weight excluding hydrogens is 276 g/mol. The van der Waals surface area contributed by atoms with E-state index in [1.165, 1.54) is 12.1 Å². The number of anilines is 2. The number of fused-ring (bicyclic) bond motifs is 1. The lowest BCUT2D eigenvalue weighted by Gasteiger charge is -2.11. The lowest BCUT2D eigenvalue weighted by Crippen LogP contribution is -2.14. The van der Waals surface area contributed by atoms with E-state index in [0.717, 1.165) is 5.56 Å². The van der Waals surface area contributed by atoms with Crippen LogP contribution in [0.5, 0.6) is 0 Å². The molecule has 0 saturated heterocycles. The molecule has 102 valence electrons. The fourth-order valence-corrected chi connectivity index (χ4v) is 3.23. The first-order valence-electron chi connectivity index (χ1n) is 6.06. The van der Waals surface area contributed by atoms with Crippen LogP contribution >= 0.6 is 0 Å². The lowest BCUT2D eigenvalue weighted by atomic mass is 10.1. The third-order valence-electron chi connectivity index (χ3n) is 3.06. The minimum absolute atomic E-state index is 0.133. The van der Waals surface area contributed by atoms with Crippen molar-refractivity contribution in [2.75, 3.05) is 10.0 Å². The lowest BCUT2D eigenvalue weighted by molar-refractivity contribution is -0.115. The van der Waals surface area contributed by atoms with E-state index < -0.39 is 10.0 Å². The number of carbonyl (C=O) groups excluding carboxylic acids is 1. The Morgan fingerprint density at radius 2 is 1.75 bits per heavy atom. The van der Waals surface area contributed by atoms with Gasteiger partial charge in [-0.1, -0.05) is 30.3 Å². The van der Waals surface area contributed by atoms with Crippen molar-refractivity contribution in [2.45, 2.75) is 11.3 Å². The largest absolute Gasteiger partial charge is 0.324 e. The van der Waals surface area contributed by atoms with E-state index in [-0.39, 0.29) is 17.2 Å². The number of nitrogens with one attached hydrogen (secondary N) is 2. The number of hydrogen-bond donors (Lipinski definition) is 2. The average Bonchev–Trinajstić information content (AvgIpc) is 2.81. The Kier molecular flexibility index (Phi) is 2.94. The van der Waals surface area contributed by atoms with E-state index in [1.54, 1.807) is 36.4 Å². The maximum Gasteiger partial charge on any atom is 0.261 e. The average molecular weight is 288 g/mol. The van der Waals surface area contributed by atoms with Crippen LogP contribution in [0.2, 0.25) is 0 Å². The third-order valence-corrected chi connectivity index (χ3v) is 4.45. The Labute approximate surface area is 116 Å². The zero-order chi connectivity index (χ0) is 14.2. The molecule has 0 radical (unpaired) electrons. The van der Waals surface area contributed by atoms with Gasteiger partial charge in [-0.25, -0.2) is 8.42 Å². The highest BCUT2D eigenvalue weighted by Crippen LogP contribution is 2.32. The van der Waals surface area contributed by atoms with E-state index in [0.29, 0.717) is 11.4 Å². The van der Waals surface area contributed by atoms with Gasteiger partial charge in [0.25, 0.3) is 10.0 Å². The first-order chi connectivity index (χ1) is 9.56. The summed E-state index contributed by atoms with van der Waals surface area (Å²) in [5.74, 6) is -0.133. The first kappa shape index (κ1) is 12.7. The van der Waals surface area contributed by atoms with Crippen molar-refractivity contribution in [1.82, 2.24) is 0 Å².